The van der Waals surface area contributed by atoms with Gasteiger partial charge in [-0.25, -0.2) is 4.68 Å². The highest BCUT2D eigenvalue weighted by molar-refractivity contribution is 6.03. The molecule has 6 nitrogen and oxygen atoms in total. The van der Waals surface area contributed by atoms with E-state index in [4.69, 9.17) is 0 Å². The lowest BCUT2D eigenvalue weighted by Crippen LogP contribution is -2.25. The molecule has 1 aromatic heterocycles. The zero-order chi connectivity index (χ0) is 29.3. The summed E-state index contributed by atoms with van der Waals surface area (Å²) in [5.41, 5.74) is 1.31. The Morgan fingerprint density at radius 1 is 0.929 bits per heavy atom. The molecule has 9 heteroatoms. The summed E-state index contributed by atoms with van der Waals surface area (Å²) < 4.78 is 41.7. The van der Waals surface area contributed by atoms with Crippen molar-refractivity contribution in [1.29, 1.82) is 5.26 Å². The lowest BCUT2D eigenvalue weighted by atomic mass is 9.95. The molecule has 1 atom stereocenters. The van der Waals surface area contributed by atoms with E-state index in [0.29, 0.717) is 17.7 Å². The van der Waals surface area contributed by atoms with Crippen LogP contribution in [-0.2, 0) is 6.18 Å². The van der Waals surface area contributed by atoms with Crippen LogP contribution in [-0.4, -0.2) is 22.2 Å². The molecule has 5 aromatic rings. The van der Waals surface area contributed by atoms with Gasteiger partial charge >= 0.3 is 6.18 Å². The Balaban J connectivity index is 1.32. The van der Waals surface area contributed by atoms with Crippen LogP contribution in [0.5, 0.6) is 0 Å². The number of nitrogens with one attached hydrogen (secondary N) is 2. The van der Waals surface area contributed by atoms with Gasteiger partial charge in [-0.3, -0.25) is 4.79 Å². The molecule has 1 aliphatic carbocycles. The van der Waals surface area contributed by atoms with Crippen molar-refractivity contribution in [2.75, 3.05) is 11.9 Å². The SMILES string of the molecule is N#Cc1cccc(-n2nc(C(F)(F)F)cc2C(=O)Nc2cccc(C(NCC3CC3)c3ccc4ccccc4c3)c2)c1. The van der Waals surface area contributed by atoms with Gasteiger partial charge in [0.2, 0.25) is 0 Å². The number of halogens is 3. The highest BCUT2D eigenvalue weighted by atomic mass is 19.4. The molecule has 0 saturated heterocycles. The molecule has 0 radical (unpaired) electrons. The lowest BCUT2D eigenvalue weighted by molar-refractivity contribution is -0.141. The summed E-state index contributed by atoms with van der Waals surface area (Å²) in [5, 5.41) is 21.6. The second kappa shape index (κ2) is 11.1. The minimum absolute atomic E-state index is 0.150. The Morgan fingerprint density at radius 2 is 1.69 bits per heavy atom. The van der Waals surface area contributed by atoms with E-state index in [1.54, 1.807) is 6.07 Å². The van der Waals surface area contributed by atoms with Crippen molar-refractivity contribution in [1.82, 2.24) is 15.1 Å². The molecule has 1 aliphatic rings. The molecule has 42 heavy (non-hydrogen) atoms. The molecule has 0 spiro atoms. The molecule has 210 valence electrons. The second-order valence-electron chi connectivity index (χ2n) is 10.5. The van der Waals surface area contributed by atoms with Crippen LogP contribution in [0.25, 0.3) is 16.5 Å². The number of amides is 1. The number of nitrogens with zero attached hydrogens (tertiary/aromatic N) is 3. The Kier molecular flexibility index (Phi) is 7.23. The second-order valence-corrected chi connectivity index (χ2v) is 10.5. The van der Waals surface area contributed by atoms with E-state index in [1.165, 1.54) is 37.1 Å². The maximum atomic E-state index is 13.6. The van der Waals surface area contributed by atoms with Crippen molar-refractivity contribution in [3.8, 4) is 11.8 Å². The largest absolute Gasteiger partial charge is 0.435 e. The quantitative estimate of drug-likeness (QED) is 0.208. The molecular weight excluding hydrogens is 539 g/mol. The fourth-order valence-electron chi connectivity index (χ4n) is 5.00. The van der Waals surface area contributed by atoms with Crippen LogP contribution in [0.4, 0.5) is 18.9 Å². The number of benzene rings is 4. The van der Waals surface area contributed by atoms with Crippen LogP contribution in [0.2, 0.25) is 0 Å². The first-order valence-electron chi connectivity index (χ1n) is 13.6. The number of hydrogen-bond donors (Lipinski definition) is 2. The Hall–Kier alpha value is -4.94. The molecule has 1 saturated carbocycles. The van der Waals surface area contributed by atoms with Crippen molar-refractivity contribution in [2.45, 2.75) is 25.1 Å². The first-order valence-corrected chi connectivity index (χ1v) is 13.6. The first-order chi connectivity index (χ1) is 20.3. The summed E-state index contributed by atoms with van der Waals surface area (Å²) in [6.45, 7) is 0.856. The molecular formula is C33H26F3N5O. The van der Waals surface area contributed by atoms with E-state index in [-0.39, 0.29) is 23.0 Å². The molecule has 2 N–H and O–H groups in total. The van der Waals surface area contributed by atoms with Crippen molar-refractivity contribution >= 4 is 22.4 Å². The van der Waals surface area contributed by atoms with Gasteiger partial charge in [-0.2, -0.15) is 23.5 Å². The smallest absolute Gasteiger partial charge is 0.321 e. The summed E-state index contributed by atoms with van der Waals surface area (Å²) in [5.74, 6) is -0.121. The van der Waals surface area contributed by atoms with Crippen LogP contribution in [0, 0.1) is 17.2 Å². The number of carbonyl (C=O) groups is 1. The Morgan fingerprint density at radius 3 is 2.45 bits per heavy atom. The number of carbonyl (C=O) groups excluding carboxylic acids is 1. The molecule has 1 fully saturated rings. The van der Waals surface area contributed by atoms with Gasteiger partial charge in [0, 0.05) is 11.8 Å². The van der Waals surface area contributed by atoms with Crippen molar-refractivity contribution in [3.63, 3.8) is 0 Å². The zero-order valence-electron chi connectivity index (χ0n) is 22.4. The molecule has 1 amide bonds. The fourth-order valence-corrected chi connectivity index (χ4v) is 5.00. The average Bonchev–Trinajstić information content (AvgIpc) is 3.70. The van der Waals surface area contributed by atoms with Crippen molar-refractivity contribution in [2.24, 2.45) is 5.92 Å². The highest BCUT2D eigenvalue weighted by Crippen LogP contribution is 2.33. The third-order valence-corrected chi connectivity index (χ3v) is 7.34. The van der Waals surface area contributed by atoms with Gasteiger partial charge in [0.15, 0.2) is 5.69 Å². The zero-order valence-corrected chi connectivity index (χ0v) is 22.4. The predicted octanol–water partition coefficient (Wildman–Crippen LogP) is 7.26. The van der Waals surface area contributed by atoms with Crippen LogP contribution in [0.15, 0.2) is 97.1 Å². The number of rotatable bonds is 8. The summed E-state index contributed by atoms with van der Waals surface area (Å²) >= 11 is 0. The number of fused-ring (bicyclic) bond motifs is 1. The van der Waals surface area contributed by atoms with Crippen molar-refractivity contribution in [3.05, 3.63) is 125 Å². The third-order valence-electron chi connectivity index (χ3n) is 7.34. The van der Waals surface area contributed by atoms with Crippen LogP contribution < -0.4 is 10.6 Å². The number of aromatic nitrogens is 2. The van der Waals surface area contributed by atoms with Crippen molar-refractivity contribution < 1.29 is 18.0 Å². The lowest BCUT2D eigenvalue weighted by Gasteiger charge is -2.21. The van der Waals surface area contributed by atoms with Gasteiger partial charge in [0.1, 0.15) is 5.69 Å². The molecule has 0 bridgehead atoms. The molecule has 6 rings (SSSR count). The number of nitriles is 1. The summed E-state index contributed by atoms with van der Waals surface area (Å²) in [4.78, 5) is 13.4. The van der Waals surface area contributed by atoms with Gasteiger partial charge in [0.05, 0.1) is 23.4 Å². The topological polar surface area (TPSA) is 82.7 Å². The average molecular weight is 566 g/mol. The molecule has 1 heterocycles. The standard InChI is InChI=1S/C33H26F3N5O/c34-33(35,36)30-18-29(41(40-30)28-10-3-5-22(15-28)19-37)32(42)39-27-9-4-8-25(17-27)31(38-20-21-11-12-21)26-14-13-23-6-1-2-7-24(23)16-26/h1-10,13-18,21,31,38H,11-12,20H2,(H,39,42). The van der Waals surface area contributed by atoms with Crippen LogP contribution in [0.1, 0.15) is 51.8 Å². The Labute approximate surface area is 240 Å². The van der Waals surface area contributed by atoms with E-state index in [0.717, 1.165) is 33.1 Å². The van der Waals surface area contributed by atoms with Crippen LogP contribution in [0.3, 0.4) is 0 Å². The first kappa shape index (κ1) is 27.2. The summed E-state index contributed by atoms with van der Waals surface area (Å²) in [7, 11) is 0. The van der Waals surface area contributed by atoms with Gasteiger partial charge < -0.3 is 10.6 Å². The number of alkyl halides is 3. The van der Waals surface area contributed by atoms with Crippen LogP contribution >= 0.6 is 0 Å². The minimum atomic E-state index is -4.76. The maximum absolute atomic E-state index is 13.6. The minimum Gasteiger partial charge on any atom is -0.321 e. The predicted molar refractivity (Wildman–Crippen MR) is 154 cm³/mol. The van der Waals surface area contributed by atoms with E-state index < -0.39 is 17.8 Å². The summed E-state index contributed by atoms with van der Waals surface area (Å²) in [6.07, 6.45) is -2.37. The monoisotopic (exact) mass is 565 g/mol. The normalized spacial score (nSPS) is 14.0. The van der Waals surface area contributed by atoms with E-state index in [1.807, 2.05) is 36.4 Å². The molecule has 0 aliphatic heterocycles. The van der Waals surface area contributed by atoms with Gasteiger partial charge in [0.25, 0.3) is 5.91 Å². The van der Waals surface area contributed by atoms with E-state index in [9.17, 15) is 23.2 Å². The van der Waals surface area contributed by atoms with Gasteiger partial charge in [-0.15, -0.1) is 0 Å². The maximum Gasteiger partial charge on any atom is 0.435 e. The number of hydrogen-bond acceptors (Lipinski definition) is 4. The van der Waals surface area contributed by atoms with E-state index >= 15 is 0 Å². The number of anilines is 1. The van der Waals surface area contributed by atoms with Gasteiger partial charge in [-0.05, 0) is 83.6 Å². The third kappa shape index (κ3) is 5.90. The molecule has 4 aromatic carbocycles. The van der Waals surface area contributed by atoms with Gasteiger partial charge in [-0.1, -0.05) is 54.6 Å². The summed E-state index contributed by atoms with van der Waals surface area (Å²) in [6, 6.07) is 30.2. The fraction of sp³-hybridized carbons (Fsp3) is 0.182. The highest BCUT2D eigenvalue weighted by Gasteiger charge is 2.36. The molecule has 1 unspecified atom stereocenters. The Bertz CT molecular complexity index is 1820. The van der Waals surface area contributed by atoms with E-state index in [2.05, 4.69) is 46.1 Å².